The highest BCUT2D eigenvalue weighted by atomic mass is 35.5. The highest BCUT2D eigenvalue weighted by Crippen LogP contribution is 2.29. The maximum atomic E-state index is 12.2. The molecule has 7 heteroatoms. The summed E-state index contributed by atoms with van der Waals surface area (Å²) >= 11 is 1.88. The smallest absolute Gasteiger partial charge is 0.226 e. The Balaban J connectivity index is 0.00000242. The number of halogens is 1. The van der Waals surface area contributed by atoms with Gasteiger partial charge in [-0.1, -0.05) is 0 Å². The van der Waals surface area contributed by atoms with Gasteiger partial charge in [-0.05, 0) is 19.1 Å². The summed E-state index contributed by atoms with van der Waals surface area (Å²) in [5.74, 6) is 3.44. The van der Waals surface area contributed by atoms with E-state index in [2.05, 4.69) is 10.6 Å². The minimum absolute atomic E-state index is 0. The van der Waals surface area contributed by atoms with Gasteiger partial charge in [0.05, 0.1) is 19.4 Å². The number of amides is 1. The monoisotopic (exact) mass is 346 g/mol. The van der Waals surface area contributed by atoms with Crippen LogP contribution in [-0.2, 0) is 4.79 Å². The number of anilines is 1. The molecular formula is C15H23ClN2O3S. The van der Waals surface area contributed by atoms with Crippen molar-refractivity contribution in [2.45, 2.75) is 19.4 Å². The van der Waals surface area contributed by atoms with Crippen LogP contribution in [0.25, 0.3) is 0 Å². The number of carbonyl (C=O) groups excluding carboxylic acids is 1. The molecule has 2 rings (SSSR count). The summed E-state index contributed by atoms with van der Waals surface area (Å²) in [5, 5.41) is 6.28. The number of methoxy groups -OCH3 is 1. The molecular weight excluding hydrogens is 324 g/mol. The number of ether oxygens (including phenoxy) is 2. The average Bonchev–Trinajstić information content (AvgIpc) is 2.50. The molecule has 0 radical (unpaired) electrons. The highest BCUT2D eigenvalue weighted by molar-refractivity contribution is 7.99. The van der Waals surface area contributed by atoms with Gasteiger partial charge in [-0.2, -0.15) is 11.8 Å². The molecule has 0 spiro atoms. The molecule has 124 valence electrons. The molecule has 1 heterocycles. The van der Waals surface area contributed by atoms with Crippen molar-refractivity contribution in [2.24, 2.45) is 0 Å². The first-order valence-corrected chi connectivity index (χ1v) is 8.30. The quantitative estimate of drug-likeness (QED) is 0.829. The first-order chi connectivity index (χ1) is 10.2. The second-order valence-electron chi connectivity index (χ2n) is 4.77. The van der Waals surface area contributed by atoms with Crippen molar-refractivity contribution in [2.75, 3.05) is 37.1 Å². The molecule has 1 fully saturated rings. The second kappa shape index (κ2) is 9.82. The molecule has 1 atom stereocenters. The molecule has 1 saturated heterocycles. The zero-order chi connectivity index (χ0) is 15.1. The summed E-state index contributed by atoms with van der Waals surface area (Å²) in [5.41, 5.74) is 0.657. The first kappa shape index (κ1) is 18.9. The van der Waals surface area contributed by atoms with Gasteiger partial charge in [0.25, 0.3) is 0 Å². The van der Waals surface area contributed by atoms with Crippen LogP contribution in [0.1, 0.15) is 13.3 Å². The first-order valence-electron chi connectivity index (χ1n) is 7.14. The molecule has 1 unspecified atom stereocenters. The molecule has 0 aliphatic carbocycles. The number of thioether (sulfide) groups is 1. The predicted octanol–water partition coefficient (Wildman–Crippen LogP) is 2.55. The lowest BCUT2D eigenvalue weighted by Crippen LogP contribution is -2.39. The van der Waals surface area contributed by atoms with Gasteiger partial charge in [-0.15, -0.1) is 12.4 Å². The van der Waals surface area contributed by atoms with E-state index >= 15 is 0 Å². The Morgan fingerprint density at radius 3 is 2.95 bits per heavy atom. The van der Waals surface area contributed by atoms with Gasteiger partial charge in [0.15, 0.2) is 0 Å². The number of rotatable bonds is 6. The summed E-state index contributed by atoms with van der Waals surface area (Å²) in [7, 11) is 1.60. The van der Waals surface area contributed by atoms with Gasteiger partial charge in [0, 0.05) is 36.6 Å². The Hall–Kier alpha value is -1.11. The number of hydrogen-bond donors (Lipinski definition) is 2. The average molecular weight is 347 g/mol. The van der Waals surface area contributed by atoms with Crippen molar-refractivity contribution in [3.05, 3.63) is 18.2 Å². The highest BCUT2D eigenvalue weighted by Gasteiger charge is 2.18. The topological polar surface area (TPSA) is 59.6 Å². The molecule has 1 aromatic rings. The summed E-state index contributed by atoms with van der Waals surface area (Å²) in [6, 6.07) is 5.66. The molecule has 1 aliphatic heterocycles. The van der Waals surface area contributed by atoms with Crippen LogP contribution >= 0.6 is 24.2 Å². The van der Waals surface area contributed by atoms with Crippen molar-refractivity contribution < 1.29 is 14.3 Å². The van der Waals surface area contributed by atoms with Gasteiger partial charge in [0.1, 0.15) is 11.5 Å². The van der Waals surface area contributed by atoms with Gasteiger partial charge in [-0.25, -0.2) is 0 Å². The van der Waals surface area contributed by atoms with Crippen LogP contribution < -0.4 is 20.1 Å². The van der Waals surface area contributed by atoms with E-state index in [4.69, 9.17) is 9.47 Å². The minimum Gasteiger partial charge on any atom is -0.497 e. The molecule has 0 saturated carbocycles. The van der Waals surface area contributed by atoms with Crippen LogP contribution in [0.3, 0.4) is 0 Å². The maximum absolute atomic E-state index is 12.2. The fraction of sp³-hybridized carbons (Fsp3) is 0.533. The van der Waals surface area contributed by atoms with Crippen molar-refractivity contribution in [1.82, 2.24) is 5.32 Å². The molecule has 0 aromatic heterocycles. The van der Waals surface area contributed by atoms with E-state index in [9.17, 15) is 4.79 Å². The van der Waals surface area contributed by atoms with Crippen molar-refractivity contribution in [3.8, 4) is 11.5 Å². The molecule has 2 N–H and O–H groups in total. The van der Waals surface area contributed by atoms with Crippen LogP contribution in [0.5, 0.6) is 11.5 Å². The third-order valence-electron chi connectivity index (χ3n) is 3.19. The fourth-order valence-electron chi connectivity index (χ4n) is 2.19. The molecule has 22 heavy (non-hydrogen) atoms. The molecule has 1 amide bonds. The zero-order valence-electron chi connectivity index (χ0n) is 12.9. The third-order valence-corrected chi connectivity index (χ3v) is 4.32. The summed E-state index contributed by atoms with van der Waals surface area (Å²) in [4.78, 5) is 12.2. The van der Waals surface area contributed by atoms with Crippen LogP contribution in [0.15, 0.2) is 18.2 Å². The SMILES string of the molecule is CCOc1ccc(OC)cc1NC(=O)CC1CSCCN1.Cl. The largest absolute Gasteiger partial charge is 0.497 e. The normalized spacial score (nSPS) is 17.3. The number of nitrogens with one attached hydrogen (secondary N) is 2. The summed E-state index contributed by atoms with van der Waals surface area (Å²) in [6.07, 6.45) is 0.468. The minimum atomic E-state index is -0.00999. The zero-order valence-corrected chi connectivity index (χ0v) is 14.5. The van der Waals surface area contributed by atoms with Crippen LogP contribution in [0, 0.1) is 0 Å². The Bertz CT molecular complexity index is 482. The Labute approximate surface area is 141 Å². The van der Waals surface area contributed by atoms with Gasteiger partial charge in [0.2, 0.25) is 5.91 Å². The third kappa shape index (κ3) is 5.59. The standard InChI is InChI=1S/C15H22N2O3S.ClH/c1-3-20-14-5-4-12(19-2)9-13(14)17-15(18)8-11-10-21-7-6-16-11;/h4-5,9,11,16H,3,6-8,10H2,1-2H3,(H,17,18);1H. The van der Waals surface area contributed by atoms with Crippen molar-refractivity contribution >= 4 is 35.8 Å². The summed E-state index contributed by atoms with van der Waals surface area (Å²) in [6.45, 7) is 3.43. The molecule has 1 aromatic carbocycles. The molecule has 0 bridgehead atoms. The Kier molecular flexibility index (Phi) is 8.45. The molecule has 5 nitrogen and oxygen atoms in total. The predicted molar refractivity (Wildman–Crippen MR) is 93.8 cm³/mol. The van der Waals surface area contributed by atoms with E-state index in [1.54, 1.807) is 13.2 Å². The Morgan fingerprint density at radius 2 is 2.32 bits per heavy atom. The van der Waals surface area contributed by atoms with E-state index < -0.39 is 0 Å². The fourth-order valence-corrected chi connectivity index (χ4v) is 3.14. The van der Waals surface area contributed by atoms with E-state index in [1.807, 2.05) is 30.8 Å². The van der Waals surface area contributed by atoms with Gasteiger partial charge < -0.3 is 20.1 Å². The lowest BCUT2D eigenvalue weighted by atomic mass is 10.2. The van der Waals surface area contributed by atoms with Gasteiger partial charge in [-0.3, -0.25) is 4.79 Å². The number of hydrogen-bond acceptors (Lipinski definition) is 5. The van der Waals surface area contributed by atoms with Crippen molar-refractivity contribution in [3.63, 3.8) is 0 Å². The van der Waals surface area contributed by atoms with Crippen LogP contribution in [-0.4, -0.2) is 43.7 Å². The van der Waals surface area contributed by atoms with Crippen LogP contribution in [0.2, 0.25) is 0 Å². The maximum Gasteiger partial charge on any atom is 0.226 e. The Morgan fingerprint density at radius 1 is 1.50 bits per heavy atom. The summed E-state index contributed by atoms with van der Waals surface area (Å²) < 4.78 is 10.7. The van der Waals surface area contributed by atoms with E-state index in [0.717, 1.165) is 18.1 Å². The number of benzene rings is 1. The van der Waals surface area contributed by atoms with E-state index in [-0.39, 0.29) is 24.4 Å². The van der Waals surface area contributed by atoms with Crippen LogP contribution in [0.4, 0.5) is 5.69 Å². The molecule has 1 aliphatic rings. The number of carbonyl (C=O) groups is 1. The van der Waals surface area contributed by atoms with E-state index in [0.29, 0.717) is 30.2 Å². The second-order valence-corrected chi connectivity index (χ2v) is 5.92. The van der Waals surface area contributed by atoms with Crippen molar-refractivity contribution in [1.29, 1.82) is 0 Å². The lowest BCUT2D eigenvalue weighted by Gasteiger charge is -2.22. The van der Waals surface area contributed by atoms with E-state index in [1.165, 1.54) is 0 Å². The van der Waals surface area contributed by atoms with Gasteiger partial charge >= 0.3 is 0 Å². The lowest BCUT2D eigenvalue weighted by molar-refractivity contribution is -0.116.